The molecule has 0 aliphatic heterocycles. The Bertz CT molecular complexity index is 266. The smallest absolute Gasteiger partial charge is 0.471 e. The maximum absolute atomic E-state index is 11.9. The van der Waals surface area contributed by atoms with Gasteiger partial charge in [-0.05, 0) is 6.42 Å². The molecule has 94 valence electrons. The molecule has 0 fully saturated rings. The Morgan fingerprint density at radius 3 is 2.19 bits per heavy atom. The van der Waals surface area contributed by atoms with E-state index in [1.54, 1.807) is 6.92 Å². The Hall–Kier alpha value is -1.31. The number of amides is 1. The van der Waals surface area contributed by atoms with Gasteiger partial charge in [0.2, 0.25) is 0 Å². The molecule has 0 saturated carbocycles. The summed E-state index contributed by atoms with van der Waals surface area (Å²) in [5.41, 5.74) is 0. The SMILES string of the molecule is CCC[C@H](NC(=O)C(F)(F)F)C(O)C(=O)O. The molecule has 0 saturated heterocycles. The van der Waals surface area contributed by atoms with Crippen molar-refractivity contribution in [1.82, 2.24) is 5.32 Å². The van der Waals surface area contributed by atoms with Crippen LogP contribution in [0.2, 0.25) is 0 Å². The number of carbonyl (C=O) groups excluding carboxylic acids is 1. The van der Waals surface area contributed by atoms with E-state index < -0.39 is 30.2 Å². The number of nitrogens with one attached hydrogen (secondary N) is 1. The average Bonchev–Trinajstić information content (AvgIpc) is 2.14. The Morgan fingerprint density at radius 2 is 1.88 bits per heavy atom. The molecule has 0 aromatic carbocycles. The van der Waals surface area contributed by atoms with Crippen molar-refractivity contribution in [1.29, 1.82) is 0 Å². The molecule has 16 heavy (non-hydrogen) atoms. The highest BCUT2D eigenvalue weighted by atomic mass is 19.4. The molecule has 0 rings (SSSR count). The quantitative estimate of drug-likeness (QED) is 0.647. The summed E-state index contributed by atoms with van der Waals surface area (Å²) in [6.07, 6.45) is -6.88. The summed E-state index contributed by atoms with van der Waals surface area (Å²) in [7, 11) is 0. The minimum absolute atomic E-state index is 0.0602. The monoisotopic (exact) mass is 243 g/mol. The lowest BCUT2D eigenvalue weighted by Crippen LogP contribution is -2.50. The first-order valence-electron chi connectivity index (χ1n) is 4.48. The van der Waals surface area contributed by atoms with E-state index in [0.717, 1.165) is 0 Å². The number of rotatable bonds is 5. The topological polar surface area (TPSA) is 86.6 Å². The van der Waals surface area contributed by atoms with Crippen molar-refractivity contribution >= 4 is 11.9 Å². The van der Waals surface area contributed by atoms with Gasteiger partial charge >= 0.3 is 18.1 Å². The van der Waals surface area contributed by atoms with Crippen molar-refractivity contribution in [2.75, 3.05) is 0 Å². The van der Waals surface area contributed by atoms with Crippen LogP contribution in [-0.4, -0.2) is 40.4 Å². The van der Waals surface area contributed by atoms with Crippen molar-refractivity contribution in [2.24, 2.45) is 0 Å². The third-order valence-electron chi connectivity index (χ3n) is 1.81. The van der Waals surface area contributed by atoms with Gasteiger partial charge in [0.1, 0.15) is 0 Å². The molecule has 0 aliphatic rings. The standard InChI is InChI=1S/C8H12F3NO4/c1-2-3-4(5(13)6(14)15)12-7(16)8(9,10)11/h4-5,13H,2-3H2,1H3,(H,12,16)(H,14,15)/t4-,5?/m0/s1. The molecule has 3 N–H and O–H groups in total. The molecule has 0 radical (unpaired) electrons. The Kier molecular flexibility index (Phi) is 5.22. The van der Waals surface area contributed by atoms with Gasteiger partial charge < -0.3 is 15.5 Å². The summed E-state index contributed by atoms with van der Waals surface area (Å²) in [6.45, 7) is 1.58. The number of aliphatic hydroxyl groups excluding tert-OH is 1. The van der Waals surface area contributed by atoms with E-state index in [1.807, 2.05) is 0 Å². The van der Waals surface area contributed by atoms with Gasteiger partial charge in [0.25, 0.3) is 0 Å². The van der Waals surface area contributed by atoms with Gasteiger partial charge in [-0.2, -0.15) is 13.2 Å². The molecule has 0 spiro atoms. The van der Waals surface area contributed by atoms with Gasteiger partial charge in [-0.3, -0.25) is 4.79 Å². The molecule has 0 aromatic heterocycles. The Labute approximate surface area is 89.3 Å². The fraction of sp³-hybridized carbons (Fsp3) is 0.750. The number of carboxylic acids is 1. The zero-order valence-corrected chi connectivity index (χ0v) is 8.41. The van der Waals surface area contributed by atoms with Crippen LogP contribution < -0.4 is 5.32 Å². The minimum atomic E-state index is -5.09. The molecule has 0 heterocycles. The van der Waals surface area contributed by atoms with Crippen LogP contribution in [0, 0.1) is 0 Å². The van der Waals surface area contributed by atoms with E-state index in [4.69, 9.17) is 10.2 Å². The van der Waals surface area contributed by atoms with Crippen molar-refractivity contribution in [3.63, 3.8) is 0 Å². The van der Waals surface area contributed by atoms with E-state index in [9.17, 15) is 22.8 Å². The maximum Gasteiger partial charge on any atom is 0.471 e. The molecule has 2 atom stereocenters. The number of halogens is 3. The van der Waals surface area contributed by atoms with E-state index >= 15 is 0 Å². The van der Waals surface area contributed by atoms with Crippen LogP contribution in [-0.2, 0) is 9.59 Å². The highest BCUT2D eigenvalue weighted by Gasteiger charge is 2.41. The second-order valence-electron chi connectivity index (χ2n) is 3.15. The van der Waals surface area contributed by atoms with Gasteiger partial charge in [-0.25, -0.2) is 4.79 Å². The van der Waals surface area contributed by atoms with Crippen molar-refractivity contribution in [2.45, 2.75) is 38.1 Å². The fourth-order valence-electron chi connectivity index (χ4n) is 1.04. The van der Waals surface area contributed by atoms with Gasteiger partial charge in [-0.15, -0.1) is 0 Å². The molecule has 0 bridgehead atoms. The summed E-state index contributed by atoms with van der Waals surface area (Å²) in [5.74, 6) is -3.94. The number of hydrogen-bond acceptors (Lipinski definition) is 3. The highest BCUT2D eigenvalue weighted by Crippen LogP contribution is 2.15. The van der Waals surface area contributed by atoms with Crippen LogP contribution in [0.1, 0.15) is 19.8 Å². The summed E-state index contributed by atoms with van der Waals surface area (Å²) < 4.78 is 35.6. The lowest BCUT2D eigenvalue weighted by Gasteiger charge is -2.21. The molecule has 1 unspecified atom stereocenters. The largest absolute Gasteiger partial charge is 0.479 e. The Morgan fingerprint density at radius 1 is 1.38 bits per heavy atom. The van der Waals surface area contributed by atoms with Gasteiger partial charge in [0.15, 0.2) is 6.10 Å². The third kappa shape index (κ3) is 4.47. The lowest BCUT2D eigenvalue weighted by molar-refractivity contribution is -0.175. The highest BCUT2D eigenvalue weighted by molar-refractivity contribution is 5.83. The van der Waals surface area contributed by atoms with E-state index in [1.165, 1.54) is 5.32 Å². The number of alkyl halides is 3. The molecular weight excluding hydrogens is 231 g/mol. The molecule has 0 aliphatic carbocycles. The van der Waals surface area contributed by atoms with Crippen LogP contribution in [0.15, 0.2) is 0 Å². The number of carboxylic acid groups (broad SMARTS) is 1. The van der Waals surface area contributed by atoms with Crippen molar-refractivity contribution in [3.05, 3.63) is 0 Å². The first-order valence-corrected chi connectivity index (χ1v) is 4.48. The van der Waals surface area contributed by atoms with Crippen molar-refractivity contribution < 1.29 is 33.0 Å². The minimum Gasteiger partial charge on any atom is -0.479 e. The number of aliphatic carboxylic acids is 1. The van der Waals surface area contributed by atoms with Crippen LogP contribution in [0.25, 0.3) is 0 Å². The summed E-state index contributed by atoms with van der Waals surface area (Å²) in [5, 5.41) is 18.9. The predicted octanol–water partition coefficient (Wildman–Crippen LogP) is 0.279. The fourth-order valence-corrected chi connectivity index (χ4v) is 1.04. The van der Waals surface area contributed by atoms with Crippen LogP contribution in [0.3, 0.4) is 0 Å². The maximum atomic E-state index is 11.9. The van der Waals surface area contributed by atoms with E-state index in [-0.39, 0.29) is 6.42 Å². The molecule has 8 heteroatoms. The van der Waals surface area contributed by atoms with Gasteiger partial charge in [-0.1, -0.05) is 13.3 Å². The number of carbonyl (C=O) groups is 2. The zero-order valence-electron chi connectivity index (χ0n) is 8.41. The van der Waals surface area contributed by atoms with Crippen LogP contribution >= 0.6 is 0 Å². The predicted molar refractivity (Wildman–Crippen MR) is 46.5 cm³/mol. The van der Waals surface area contributed by atoms with Crippen LogP contribution in [0.5, 0.6) is 0 Å². The van der Waals surface area contributed by atoms with Crippen LogP contribution in [0.4, 0.5) is 13.2 Å². The zero-order chi connectivity index (χ0) is 12.9. The van der Waals surface area contributed by atoms with E-state index in [2.05, 4.69) is 0 Å². The van der Waals surface area contributed by atoms with Crippen molar-refractivity contribution in [3.8, 4) is 0 Å². The average molecular weight is 243 g/mol. The third-order valence-corrected chi connectivity index (χ3v) is 1.81. The molecule has 1 amide bonds. The summed E-state index contributed by atoms with van der Waals surface area (Å²) in [4.78, 5) is 20.9. The number of hydrogen-bond donors (Lipinski definition) is 3. The van der Waals surface area contributed by atoms with Gasteiger partial charge in [0, 0.05) is 0 Å². The molecule has 0 aromatic rings. The lowest BCUT2D eigenvalue weighted by atomic mass is 10.1. The van der Waals surface area contributed by atoms with E-state index in [0.29, 0.717) is 6.42 Å². The first kappa shape index (κ1) is 14.7. The first-order chi connectivity index (χ1) is 7.20. The normalized spacial score (nSPS) is 15.3. The number of aliphatic hydroxyl groups is 1. The molecular formula is C8H12F3NO4. The summed E-state index contributed by atoms with van der Waals surface area (Å²) in [6, 6.07) is -1.45. The molecule has 5 nitrogen and oxygen atoms in total. The van der Waals surface area contributed by atoms with Gasteiger partial charge in [0.05, 0.1) is 6.04 Å². The second kappa shape index (κ2) is 5.69. The summed E-state index contributed by atoms with van der Waals surface area (Å²) >= 11 is 0. The second-order valence-corrected chi connectivity index (χ2v) is 3.15. The Balaban J connectivity index is 4.57.